The second-order valence-corrected chi connectivity index (χ2v) is 5.81. The van der Waals surface area contributed by atoms with Crippen LogP contribution in [0, 0.1) is 6.92 Å². The lowest BCUT2D eigenvalue weighted by Gasteiger charge is -2.32. The minimum Gasteiger partial charge on any atom is -0.481 e. The van der Waals surface area contributed by atoms with Crippen LogP contribution < -0.4 is 10.2 Å². The number of rotatable bonds is 3. The fourth-order valence-corrected chi connectivity index (χ4v) is 3.20. The van der Waals surface area contributed by atoms with E-state index in [0.29, 0.717) is 6.54 Å². The van der Waals surface area contributed by atoms with Gasteiger partial charge in [0.25, 0.3) is 0 Å². The van der Waals surface area contributed by atoms with Gasteiger partial charge in [-0.05, 0) is 53.5 Å². The van der Waals surface area contributed by atoms with E-state index in [0.717, 1.165) is 29.7 Å². The molecule has 1 aliphatic heterocycles. The molecule has 2 rings (SSSR count). The zero-order chi connectivity index (χ0) is 13.8. The molecule has 1 heterocycles. The van der Waals surface area contributed by atoms with E-state index in [4.69, 9.17) is 5.11 Å². The number of nitrogens with one attached hydrogen (secondary N) is 1. The summed E-state index contributed by atoms with van der Waals surface area (Å²) in [6, 6.07) is 6.21. The topological polar surface area (TPSA) is 52.6 Å². The van der Waals surface area contributed by atoms with Gasteiger partial charge in [0, 0.05) is 17.6 Å². The molecule has 1 fully saturated rings. The van der Waals surface area contributed by atoms with Gasteiger partial charge in [0.2, 0.25) is 0 Å². The summed E-state index contributed by atoms with van der Waals surface area (Å²) >= 11 is 3.59. The largest absolute Gasteiger partial charge is 0.481 e. The molecule has 0 radical (unpaired) electrons. The van der Waals surface area contributed by atoms with Crippen molar-refractivity contribution < 1.29 is 9.90 Å². The fraction of sp³-hybridized carbons (Fsp3) is 0.500. The van der Waals surface area contributed by atoms with Crippen LogP contribution in [0.2, 0.25) is 0 Å². The number of carboxylic acid groups (broad SMARTS) is 1. The highest BCUT2D eigenvalue weighted by molar-refractivity contribution is 9.10. The van der Waals surface area contributed by atoms with Crippen molar-refractivity contribution in [1.29, 1.82) is 0 Å². The van der Waals surface area contributed by atoms with E-state index in [1.54, 1.807) is 0 Å². The van der Waals surface area contributed by atoms with Crippen molar-refractivity contribution in [3.63, 3.8) is 0 Å². The average Bonchev–Trinajstić information content (AvgIpc) is 2.54. The van der Waals surface area contributed by atoms with E-state index < -0.39 is 5.97 Å². The maximum atomic E-state index is 11.0. The van der Waals surface area contributed by atoms with Gasteiger partial charge in [-0.2, -0.15) is 0 Å². The van der Waals surface area contributed by atoms with Crippen molar-refractivity contribution in [3.05, 3.63) is 28.2 Å². The number of aliphatic carboxylic acids is 1. The van der Waals surface area contributed by atoms with Crippen LogP contribution in [-0.4, -0.2) is 36.8 Å². The summed E-state index contributed by atoms with van der Waals surface area (Å²) in [5.74, 6) is -0.748. The highest BCUT2D eigenvalue weighted by atomic mass is 79.9. The molecule has 1 aromatic rings. The van der Waals surface area contributed by atoms with Crippen LogP contribution in [0.5, 0.6) is 0 Å². The summed E-state index contributed by atoms with van der Waals surface area (Å²) in [4.78, 5) is 13.2. The lowest BCUT2D eigenvalue weighted by Crippen LogP contribution is -2.41. The molecule has 0 spiro atoms. The molecule has 2 N–H and O–H groups in total. The van der Waals surface area contributed by atoms with Crippen molar-refractivity contribution >= 4 is 27.6 Å². The first-order chi connectivity index (χ1) is 9.08. The number of anilines is 1. The van der Waals surface area contributed by atoms with Crippen LogP contribution >= 0.6 is 15.9 Å². The molecule has 0 aliphatic carbocycles. The van der Waals surface area contributed by atoms with Gasteiger partial charge in [0.15, 0.2) is 0 Å². The van der Waals surface area contributed by atoms with Crippen molar-refractivity contribution in [2.75, 3.05) is 24.5 Å². The number of aryl methyl sites for hydroxylation is 1. The smallest absolute Gasteiger partial charge is 0.305 e. The summed E-state index contributed by atoms with van der Waals surface area (Å²) in [6.07, 6.45) is 1.18. The Bertz CT molecular complexity index is 465. The number of carbonyl (C=O) groups is 1. The van der Waals surface area contributed by atoms with E-state index >= 15 is 0 Å². The molecule has 104 valence electrons. The molecule has 0 aromatic heterocycles. The summed E-state index contributed by atoms with van der Waals surface area (Å²) < 4.78 is 1.03. The van der Waals surface area contributed by atoms with E-state index in [1.165, 1.54) is 5.56 Å². The number of carboxylic acids is 1. The molecule has 0 amide bonds. The molecule has 1 aliphatic rings. The van der Waals surface area contributed by atoms with Gasteiger partial charge in [0.1, 0.15) is 0 Å². The summed E-state index contributed by atoms with van der Waals surface area (Å²) in [5, 5.41) is 12.4. The Morgan fingerprint density at radius 1 is 1.58 bits per heavy atom. The molecule has 1 saturated heterocycles. The molecule has 19 heavy (non-hydrogen) atoms. The standard InChI is InChI=1S/C14H19BrN2O2/c1-10-3-4-13(12(15)7-10)17-6-2-5-16-9-11(17)8-14(18)19/h3-4,7,11,16H,2,5-6,8-9H2,1H3,(H,18,19). The lowest BCUT2D eigenvalue weighted by atomic mass is 10.1. The second kappa shape index (κ2) is 6.39. The molecule has 5 heteroatoms. The molecular weight excluding hydrogens is 308 g/mol. The van der Waals surface area contributed by atoms with E-state index in [-0.39, 0.29) is 12.5 Å². The van der Waals surface area contributed by atoms with Crippen molar-refractivity contribution in [2.45, 2.75) is 25.8 Å². The zero-order valence-electron chi connectivity index (χ0n) is 11.0. The van der Waals surface area contributed by atoms with Crippen molar-refractivity contribution in [1.82, 2.24) is 5.32 Å². The molecule has 0 bridgehead atoms. The maximum Gasteiger partial charge on any atom is 0.305 e. The van der Waals surface area contributed by atoms with Gasteiger partial charge < -0.3 is 15.3 Å². The van der Waals surface area contributed by atoms with Crippen LogP contribution in [0.25, 0.3) is 0 Å². The van der Waals surface area contributed by atoms with Gasteiger partial charge in [-0.1, -0.05) is 6.07 Å². The number of benzene rings is 1. The third-order valence-electron chi connectivity index (χ3n) is 3.40. The highest BCUT2D eigenvalue weighted by Crippen LogP contribution is 2.30. The van der Waals surface area contributed by atoms with Gasteiger partial charge in [-0.3, -0.25) is 4.79 Å². The number of halogens is 1. The quantitative estimate of drug-likeness (QED) is 0.895. The minimum atomic E-state index is -0.748. The Kier molecular flexibility index (Phi) is 4.82. The summed E-state index contributed by atoms with van der Waals surface area (Å²) in [6.45, 7) is 4.59. The third kappa shape index (κ3) is 3.70. The van der Waals surface area contributed by atoms with Crippen molar-refractivity contribution in [2.24, 2.45) is 0 Å². The maximum absolute atomic E-state index is 11.0. The molecule has 0 saturated carbocycles. The monoisotopic (exact) mass is 326 g/mol. The number of hydrogen-bond acceptors (Lipinski definition) is 3. The van der Waals surface area contributed by atoms with Crippen LogP contribution in [0.3, 0.4) is 0 Å². The van der Waals surface area contributed by atoms with Crippen LogP contribution in [0.4, 0.5) is 5.69 Å². The SMILES string of the molecule is Cc1ccc(N2CCCNCC2CC(=O)O)c(Br)c1. The Hall–Kier alpha value is -1.07. The average molecular weight is 327 g/mol. The number of nitrogens with zero attached hydrogens (tertiary/aromatic N) is 1. The predicted molar refractivity (Wildman–Crippen MR) is 79.8 cm³/mol. The van der Waals surface area contributed by atoms with Crippen LogP contribution in [0.15, 0.2) is 22.7 Å². The van der Waals surface area contributed by atoms with Gasteiger partial charge >= 0.3 is 5.97 Å². The van der Waals surface area contributed by atoms with Gasteiger partial charge in [0.05, 0.1) is 18.2 Å². The first-order valence-electron chi connectivity index (χ1n) is 6.53. The Balaban J connectivity index is 2.28. The van der Waals surface area contributed by atoms with E-state index in [9.17, 15) is 4.79 Å². The third-order valence-corrected chi connectivity index (χ3v) is 4.03. The Morgan fingerprint density at radius 2 is 2.37 bits per heavy atom. The van der Waals surface area contributed by atoms with Crippen LogP contribution in [-0.2, 0) is 4.79 Å². The molecule has 1 atom stereocenters. The Morgan fingerprint density at radius 3 is 3.05 bits per heavy atom. The Labute approximate surface area is 121 Å². The van der Waals surface area contributed by atoms with E-state index in [2.05, 4.69) is 44.3 Å². The normalized spacial score (nSPS) is 20.1. The second-order valence-electron chi connectivity index (χ2n) is 4.96. The highest BCUT2D eigenvalue weighted by Gasteiger charge is 2.24. The number of hydrogen-bond donors (Lipinski definition) is 2. The van der Waals surface area contributed by atoms with Crippen molar-refractivity contribution in [3.8, 4) is 0 Å². The summed E-state index contributed by atoms with van der Waals surface area (Å²) in [5.41, 5.74) is 2.28. The fourth-order valence-electron chi connectivity index (χ4n) is 2.48. The molecule has 4 nitrogen and oxygen atoms in total. The zero-order valence-corrected chi connectivity index (χ0v) is 12.6. The molecule has 1 unspecified atom stereocenters. The lowest BCUT2D eigenvalue weighted by molar-refractivity contribution is -0.137. The van der Waals surface area contributed by atoms with E-state index in [1.807, 2.05) is 6.92 Å². The minimum absolute atomic E-state index is 0.000920. The van der Waals surface area contributed by atoms with Crippen LogP contribution in [0.1, 0.15) is 18.4 Å². The summed E-state index contributed by atoms with van der Waals surface area (Å²) in [7, 11) is 0. The first kappa shape index (κ1) is 14.3. The van der Waals surface area contributed by atoms with Gasteiger partial charge in [-0.25, -0.2) is 0 Å². The molecular formula is C14H19BrN2O2. The first-order valence-corrected chi connectivity index (χ1v) is 7.32. The molecule has 1 aromatic carbocycles. The predicted octanol–water partition coefficient (Wildman–Crippen LogP) is 2.40. The van der Waals surface area contributed by atoms with Gasteiger partial charge in [-0.15, -0.1) is 0 Å².